The summed E-state index contributed by atoms with van der Waals surface area (Å²) < 4.78 is 0. The number of rotatable bonds is 17. The van der Waals surface area contributed by atoms with Crippen molar-refractivity contribution in [2.45, 2.75) is 90.4 Å². The summed E-state index contributed by atoms with van der Waals surface area (Å²) in [6.45, 7) is 2.99. The van der Waals surface area contributed by atoms with E-state index >= 15 is 0 Å². The van der Waals surface area contributed by atoms with Crippen LogP contribution in [0.1, 0.15) is 102 Å². The molecule has 3 N–H and O–H groups in total. The molecule has 2 aromatic rings. The summed E-state index contributed by atoms with van der Waals surface area (Å²) in [6.07, 6.45) is 19.2. The van der Waals surface area contributed by atoms with Gasteiger partial charge in [0.2, 0.25) is 0 Å². The fraction of sp³-hybridized carbons (Fsp3) is 0.500. The molecule has 0 fully saturated rings. The van der Waals surface area contributed by atoms with Crippen LogP contribution in [0.2, 0.25) is 0 Å². The number of unbranched alkanes of at least 4 members (excludes halogenated alkanes) is 12. The number of carbonyl (C=O) groups is 1. The molecule has 3 heteroatoms. The van der Waals surface area contributed by atoms with Crippen molar-refractivity contribution in [3.63, 3.8) is 0 Å². The Balaban J connectivity index is 1.64. The highest BCUT2D eigenvalue weighted by atomic mass is 16.1. The van der Waals surface area contributed by atoms with Crippen LogP contribution in [0.3, 0.4) is 0 Å². The molecule has 0 aromatic heterocycles. The summed E-state index contributed by atoms with van der Waals surface area (Å²) in [4.78, 5) is 12.9. The Kier molecular flexibility index (Phi) is 13.8. The maximum absolute atomic E-state index is 12.9. The summed E-state index contributed by atoms with van der Waals surface area (Å²) in [5.74, 6) is -0.0254. The normalized spacial score (nSPS) is 11.5. The van der Waals surface area contributed by atoms with Gasteiger partial charge in [0.05, 0.1) is 0 Å². The second kappa shape index (κ2) is 17.0. The van der Waals surface area contributed by atoms with Gasteiger partial charge in [0.1, 0.15) is 0 Å². The van der Waals surface area contributed by atoms with Gasteiger partial charge in [-0.3, -0.25) is 4.79 Å². The van der Waals surface area contributed by atoms with Gasteiger partial charge in [0.15, 0.2) is 0 Å². The van der Waals surface area contributed by atoms with E-state index in [9.17, 15) is 4.79 Å². The first kappa shape index (κ1) is 26.7. The van der Waals surface area contributed by atoms with Crippen molar-refractivity contribution in [3.05, 3.63) is 65.7 Å². The minimum atomic E-state index is -0.0254. The van der Waals surface area contributed by atoms with Crippen molar-refractivity contribution in [1.29, 1.82) is 0 Å². The number of benzene rings is 2. The minimum absolute atomic E-state index is 0.0254. The van der Waals surface area contributed by atoms with Crippen LogP contribution in [-0.4, -0.2) is 12.5 Å². The summed E-state index contributed by atoms with van der Waals surface area (Å²) in [6, 6.07) is 17.5. The molecule has 3 nitrogen and oxygen atoms in total. The molecule has 2 rings (SSSR count). The van der Waals surface area contributed by atoms with Crippen LogP contribution >= 0.6 is 0 Å². The maximum atomic E-state index is 12.9. The fourth-order valence-electron chi connectivity index (χ4n) is 4.15. The third-order valence-electron chi connectivity index (χ3n) is 6.12. The van der Waals surface area contributed by atoms with Crippen LogP contribution in [0.4, 0.5) is 5.69 Å². The second-order valence-electron chi connectivity index (χ2n) is 9.09. The zero-order chi connectivity index (χ0) is 23.6. The van der Waals surface area contributed by atoms with Gasteiger partial charge in [-0.1, -0.05) is 126 Å². The Bertz CT molecular complexity index is 813. The Morgan fingerprint density at radius 3 is 1.91 bits per heavy atom. The molecule has 0 aliphatic carbocycles. The molecular weight excluding hydrogens is 404 g/mol. The third kappa shape index (κ3) is 11.8. The number of anilines is 1. The van der Waals surface area contributed by atoms with E-state index in [2.05, 4.69) is 12.2 Å². The molecular formula is C30H44N2O. The van der Waals surface area contributed by atoms with Crippen LogP contribution in [0.25, 0.3) is 11.6 Å². The van der Waals surface area contributed by atoms with E-state index in [-0.39, 0.29) is 5.91 Å². The standard InChI is InChI=1S/C30H44N2O/c1-2-3-4-5-6-7-8-9-10-11-12-13-17-23-32-30(33)29(27-20-15-14-16-21-27)25-26-19-18-22-28(31)24-26/h14-16,18-22,24-25H,2-13,17,23,31H2,1H3,(H,32,33). The van der Waals surface area contributed by atoms with Gasteiger partial charge in [-0.05, 0) is 35.8 Å². The van der Waals surface area contributed by atoms with Crippen molar-refractivity contribution >= 4 is 23.2 Å². The summed E-state index contributed by atoms with van der Waals surface area (Å²) in [5, 5.41) is 3.12. The molecule has 0 spiro atoms. The first-order chi connectivity index (χ1) is 16.2. The molecule has 0 aliphatic rings. The lowest BCUT2D eigenvalue weighted by Crippen LogP contribution is -2.25. The van der Waals surface area contributed by atoms with E-state index in [1.165, 1.54) is 77.0 Å². The van der Waals surface area contributed by atoms with E-state index in [1.807, 2.05) is 60.7 Å². The van der Waals surface area contributed by atoms with Crippen molar-refractivity contribution in [2.24, 2.45) is 0 Å². The highest BCUT2D eigenvalue weighted by Crippen LogP contribution is 2.20. The van der Waals surface area contributed by atoms with Gasteiger partial charge in [-0.15, -0.1) is 0 Å². The number of nitrogens with two attached hydrogens (primary N) is 1. The number of hydrogen-bond acceptors (Lipinski definition) is 2. The quantitative estimate of drug-likeness (QED) is 0.111. The van der Waals surface area contributed by atoms with Crippen LogP contribution in [0.5, 0.6) is 0 Å². The first-order valence-electron chi connectivity index (χ1n) is 13.1. The van der Waals surface area contributed by atoms with Crippen molar-refractivity contribution < 1.29 is 4.79 Å². The molecule has 0 unspecified atom stereocenters. The van der Waals surface area contributed by atoms with Gasteiger partial charge in [-0.25, -0.2) is 0 Å². The van der Waals surface area contributed by atoms with E-state index in [0.29, 0.717) is 11.3 Å². The smallest absolute Gasteiger partial charge is 0.251 e. The SMILES string of the molecule is CCCCCCCCCCCCCCCNC(=O)C(=Cc1cccc(N)c1)c1ccccc1. The molecule has 0 heterocycles. The van der Waals surface area contributed by atoms with Gasteiger partial charge >= 0.3 is 0 Å². The summed E-state index contributed by atoms with van der Waals surface area (Å²) >= 11 is 0. The number of amides is 1. The summed E-state index contributed by atoms with van der Waals surface area (Å²) in [7, 11) is 0. The molecule has 0 saturated carbocycles. The van der Waals surface area contributed by atoms with E-state index < -0.39 is 0 Å². The Morgan fingerprint density at radius 1 is 0.758 bits per heavy atom. The van der Waals surface area contributed by atoms with E-state index in [4.69, 9.17) is 5.73 Å². The van der Waals surface area contributed by atoms with Crippen LogP contribution in [0, 0.1) is 0 Å². The number of hydrogen-bond donors (Lipinski definition) is 2. The zero-order valence-corrected chi connectivity index (χ0v) is 20.7. The van der Waals surface area contributed by atoms with Crippen molar-refractivity contribution in [1.82, 2.24) is 5.32 Å². The Labute approximate surface area is 201 Å². The van der Waals surface area contributed by atoms with Gasteiger partial charge in [0, 0.05) is 17.8 Å². The predicted molar refractivity (Wildman–Crippen MR) is 144 cm³/mol. The molecule has 0 aliphatic heterocycles. The number of nitrogen functional groups attached to an aromatic ring is 1. The number of nitrogens with one attached hydrogen (secondary N) is 1. The molecule has 0 radical (unpaired) electrons. The van der Waals surface area contributed by atoms with Crippen LogP contribution < -0.4 is 11.1 Å². The molecule has 1 amide bonds. The van der Waals surface area contributed by atoms with Crippen LogP contribution in [-0.2, 0) is 4.79 Å². The third-order valence-corrected chi connectivity index (χ3v) is 6.12. The van der Waals surface area contributed by atoms with Gasteiger partial charge in [0.25, 0.3) is 5.91 Å². The van der Waals surface area contributed by atoms with E-state index in [1.54, 1.807) is 0 Å². The lowest BCUT2D eigenvalue weighted by molar-refractivity contribution is -0.115. The second-order valence-corrected chi connectivity index (χ2v) is 9.09. The van der Waals surface area contributed by atoms with Crippen LogP contribution in [0.15, 0.2) is 54.6 Å². The first-order valence-corrected chi connectivity index (χ1v) is 13.1. The highest BCUT2D eigenvalue weighted by Gasteiger charge is 2.11. The maximum Gasteiger partial charge on any atom is 0.251 e. The van der Waals surface area contributed by atoms with Gasteiger partial charge < -0.3 is 11.1 Å². The average molecular weight is 449 g/mol. The number of carbonyl (C=O) groups excluding carboxylic acids is 1. The molecule has 2 aromatic carbocycles. The van der Waals surface area contributed by atoms with Gasteiger partial charge in [-0.2, -0.15) is 0 Å². The molecule has 0 bridgehead atoms. The van der Waals surface area contributed by atoms with Crippen molar-refractivity contribution in [3.8, 4) is 0 Å². The topological polar surface area (TPSA) is 55.1 Å². The molecule has 0 saturated heterocycles. The summed E-state index contributed by atoms with van der Waals surface area (Å²) in [5.41, 5.74) is 9.14. The van der Waals surface area contributed by atoms with E-state index in [0.717, 1.165) is 24.1 Å². The average Bonchev–Trinajstić information content (AvgIpc) is 2.83. The largest absolute Gasteiger partial charge is 0.399 e. The highest BCUT2D eigenvalue weighted by molar-refractivity contribution is 6.24. The Hall–Kier alpha value is -2.55. The zero-order valence-electron chi connectivity index (χ0n) is 20.7. The fourth-order valence-corrected chi connectivity index (χ4v) is 4.15. The lowest BCUT2D eigenvalue weighted by atomic mass is 10.0. The van der Waals surface area contributed by atoms with Crippen molar-refractivity contribution in [2.75, 3.05) is 12.3 Å². The predicted octanol–water partition coefficient (Wildman–Crippen LogP) is 8.02. The molecule has 180 valence electrons. The Morgan fingerprint density at radius 2 is 1.33 bits per heavy atom. The molecule has 0 atom stereocenters. The lowest BCUT2D eigenvalue weighted by Gasteiger charge is -2.10. The molecule has 33 heavy (non-hydrogen) atoms. The monoisotopic (exact) mass is 448 g/mol. The minimum Gasteiger partial charge on any atom is -0.399 e.